The van der Waals surface area contributed by atoms with Gasteiger partial charge in [-0.25, -0.2) is 4.98 Å². The molecule has 1 aliphatic heterocycles. The predicted octanol–water partition coefficient (Wildman–Crippen LogP) is 3.47. The minimum absolute atomic E-state index is 0. The number of nitrogens with one attached hydrogen (secondary N) is 2. The van der Waals surface area contributed by atoms with Gasteiger partial charge in [0, 0.05) is 17.1 Å². The third kappa shape index (κ3) is 5.46. The van der Waals surface area contributed by atoms with Gasteiger partial charge in [0.15, 0.2) is 0 Å². The Labute approximate surface area is 158 Å². The summed E-state index contributed by atoms with van der Waals surface area (Å²) in [5, 5.41) is 7.04. The van der Waals surface area contributed by atoms with Crippen LogP contribution < -0.4 is 10.6 Å². The fourth-order valence-electron chi connectivity index (χ4n) is 2.86. The Morgan fingerprint density at radius 2 is 2.00 bits per heavy atom. The number of piperidine rings is 1. The summed E-state index contributed by atoms with van der Waals surface area (Å²) in [6.45, 7) is 4.96. The van der Waals surface area contributed by atoms with Gasteiger partial charge in [-0.05, 0) is 55.6 Å². The molecule has 1 aromatic carbocycles. The average Bonchev–Trinajstić information content (AvgIpc) is 3.03. The Morgan fingerprint density at radius 1 is 1.32 bits per heavy atom. The number of nitrogens with zero attached hydrogens (tertiary/aromatic N) is 1. The SMILES string of the molecule is CC1(CNC(=O)Cc2coc(-c3ccc(Cl)cc3)n2)CCNCC1.Cl. The minimum Gasteiger partial charge on any atom is -0.444 e. The van der Waals surface area contributed by atoms with Crippen molar-refractivity contribution >= 4 is 29.9 Å². The molecule has 1 aliphatic rings. The number of halogens is 2. The van der Waals surface area contributed by atoms with Crippen LogP contribution in [0.5, 0.6) is 0 Å². The van der Waals surface area contributed by atoms with Crippen molar-refractivity contribution in [3.63, 3.8) is 0 Å². The first kappa shape index (κ1) is 19.8. The third-order valence-electron chi connectivity index (χ3n) is 4.51. The van der Waals surface area contributed by atoms with E-state index in [2.05, 4.69) is 22.5 Å². The zero-order chi connectivity index (χ0) is 17.0. The largest absolute Gasteiger partial charge is 0.444 e. The van der Waals surface area contributed by atoms with Gasteiger partial charge in [-0.2, -0.15) is 0 Å². The number of carbonyl (C=O) groups excluding carboxylic acids is 1. The summed E-state index contributed by atoms with van der Waals surface area (Å²) in [5.74, 6) is 0.477. The van der Waals surface area contributed by atoms with E-state index in [4.69, 9.17) is 16.0 Å². The van der Waals surface area contributed by atoms with Crippen molar-refractivity contribution in [1.29, 1.82) is 0 Å². The quantitative estimate of drug-likeness (QED) is 0.829. The number of benzene rings is 1. The smallest absolute Gasteiger partial charge is 0.226 e. The fourth-order valence-corrected chi connectivity index (χ4v) is 2.99. The number of carbonyl (C=O) groups is 1. The van der Waals surface area contributed by atoms with E-state index < -0.39 is 0 Å². The lowest BCUT2D eigenvalue weighted by Gasteiger charge is -2.34. The Kier molecular flexibility index (Phi) is 6.87. The molecular formula is C18H23Cl2N3O2. The molecule has 0 spiro atoms. The highest BCUT2D eigenvalue weighted by atomic mass is 35.5. The van der Waals surface area contributed by atoms with E-state index in [1.165, 1.54) is 6.26 Å². The summed E-state index contributed by atoms with van der Waals surface area (Å²) in [5.41, 5.74) is 1.65. The molecule has 0 atom stereocenters. The van der Waals surface area contributed by atoms with E-state index in [-0.39, 0.29) is 30.2 Å². The maximum atomic E-state index is 12.2. The van der Waals surface area contributed by atoms with E-state index in [1.54, 1.807) is 12.1 Å². The molecule has 0 bridgehead atoms. The second kappa shape index (κ2) is 8.70. The molecule has 1 aromatic heterocycles. The normalized spacial score (nSPS) is 16.1. The molecule has 0 unspecified atom stereocenters. The van der Waals surface area contributed by atoms with Crippen molar-refractivity contribution in [2.75, 3.05) is 19.6 Å². The standard InChI is InChI=1S/C18H22ClN3O2.ClH/c1-18(6-8-20-9-7-18)12-21-16(23)10-15-11-24-17(22-15)13-2-4-14(19)5-3-13;/h2-5,11,20H,6-10,12H2,1H3,(H,21,23);1H. The predicted molar refractivity (Wildman–Crippen MR) is 101 cm³/mol. The number of oxazole rings is 1. The summed E-state index contributed by atoms with van der Waals surface area (Å²) >= 11 is 5.88. The third-order valence-corrected chi connectivity index (χ3v) is 4.76. The van der Waals surface area contributed by atoms with Gasteiger partial charge in [0.2, 0.25) is 11.8 Å². The van der Waals surface area contributed by atoms with Crippen LogP contribution in [0.1, 0.15) is 25.5 Å². The minimum atomic E-state index is -0.0225. The zero-order valence-corrected chi connectivity index (χ0v) is 15.8. The highest BCUT2D eigenvalue weighted by molar-refractivity contribution is 6.30. The van der Waals surface area contributed by atoms with Crippen molar-refractivity contribution < 1.29 is 9.21 Å². The number of hydrogen-bond acceptors (Lipinski definition) is 4. The lowest BCUT2D eigenvalue weighted by molar-refractivity contribution is -0.121. The van der Waals surface area contributed by atoms with Crippen LogP contribution in [0.25, 0.3) is 11.5 Å². The van der Waals surface area contributed by atoms with Gasteiger partial charge >= 0.3 is 0 Å². The van der Waals surface area contributed by atoms with E-state index in [0.717, 1.165) is 31.5 Å². The summed E-state index contributed by atoms with van der Waals surface area (Å²) in [4.78, 5) is 16.5. The Morgan fingerprint density at radius 3 is 2.68 bits per heavy atom. The Balaban J connectivity index is 0.00000225. The molecule has 136 valence electrons. The fraction of sp³-hybridized carbons (Fsp3) is 0.444. The van der Waals surface area contributed by atoms with Crippen LogP contribution in [0.2, 0.25) is 5.02 Å². The maximum absolute atomic E-state index is 12.2. The summed E-state index contributed by atoms with van der Waals surface area (Å²) in [6, 6.07) is 7.26. The van der Waals surface area contributed by atoms with Crippen molar-refractivity contribution in [2.45, 2.75) is 26.2 Å². The number of aromatic nitrogens is 1. The van der Waals surface area contributed by atoms with Gasteiger partial charge in [-0.1, -0.05) is 18.5 Å². The topological polar surface area (TPSA) is 67.2 Å². The molecule has 1 amide bonds. The molecule has 0 radical (unpaired) electrons. The molecule has 3 rings (SSSR count). The second-order valence-electron chi connectivity index (χ2n) is 6.67. The van der Waals surface area contributed by atoms with Crippen LogP contribution in [0.4, 0.5) is 0 Å². The Bertz CT molecular complexity index is 695. The number of hydrogen-bond donors (Lipinski definition) is 2. The lowest BCUT2D eigenvalue weighted by atomic mass is 9.81. The summed E-state index contributed by atoms with van der Waals surface area (Å²) in [7, 11) is 0. The van der Waals surface area contributed by atoms with Crippen LogP contribution in [0, 0.1) is 5.41 Å². The average molecular weight is 384 g/mol. The maximum Gasteiger partial charge on any atom is 0.226 e. The first-order valence-corrected chi connectivity index (χ1v) is 8.60. The molecule has 25 heavy (non-hydrogen) atoms. The monoisotopic (exact) mass is 383 g/mol. The van der Waals surface area contributed by atoms with Gasteiger partial charge in [0.25, 0.3) is 0 Å². The van der Waals surface area contributed by atoms with Crippen molar-refractivity contribution in [1.82, 2.24) is 15.6 Å². The van der Waals surface area contributed by atoms with Crippen LogP contribution in [-0.2, 0) is 11.2 Å². The molecule has 1 fully saturated rings. The Hall–Kier alpha value is -1.56. The van der Waals surface area contributed by atoms with Crippen LogP contribution in [0.15, 0.2) is 34.9 Å². The first-order chi connectivity index (χ1) is 11.5. The highest BCUT2D eigenvalue weighted by Gasteiger charge is 2.27. The molecule has 2 N–H and O–H groups in total. The molecule has 1 saturated heterocycles. The molecule has 0 aliphatic carbocycles. The van der Waals surface area contributed by atoms with Crippen LogP contribution in [-0.4, -0.2) is 30.5 Å². The zero-order valence-electron chi connectivity index (χ0n) is 14.2. The van der Waals surface area contributed by atoms with Gasteiger partial charge in [0.05, 0.1) is 12.1 Å². The van der Waals surface area contributed by atoms with Gasteiger partial charge < -0.3 is 15.1 Å². The molecule has 0 saturated carbocycles. The number of rotatable bonds is 5. The van der Waals surface area contributed by atoms with E-state index in [9.17, 15) is 4.79 Å². The number of amides is 1. The first-order valence-electron chi connectivity index (χ1n) is 8.22. The van der Waals surface area contributed by atoms with E-state index in [1.807, 2.05) is 12.1 Å². The molecule has 7 heteroatoms. The highest BCUT2D eigenvalue weighted by Crippen LogP contribution is 2.26. The van der Waals surface area contributed by atoms with Crippen LogP contribution >= 0.6 is 24.0 Å². The van der Waals surface area contributed by atoms with Crippen LogP contribution in [0.3, 0.4) is 0 Å². The van der Waals surface area contributed by atoms with Gasteiger partial charge in [-0.3, -0.25) is 4.79 Å². The van der Waals surface area contributed by atoms with E-state index in [0.29, 0.717) is 23.2 Å². The molecule has 2 heterocycles. The van der Waals surface area contributed by atoms with Gasteiger partial charge in [-0.15, -0.1) is 12.4 Å². The van der Waals surface area contributed by atoms with Gasteiger partial charge in [0.1, 0.15) is 6.26 Å². The molecule has 2 aromatic rings. The lowest BCUT2D eigenvalue weighted by Crippen LogP contribution is -2.43. The van der Waals surface area contributed by atoms with Crippen molar-refractivity contribution in [3.05, 3.63) is 41.2 Å². The summed E-state index contributed by atoms with van der Waals surface area (Å²) < 4.78 is 5.46. The molecular weight excluding hydrogens is 361 g/mol. The van der Waals surface area contributed by atoms with E-state index >= 15 is 0 Å². The molecule has 5 nitrogen and oxygen atoms in total. The summed E-state index contributed by atoms with van der Waals surface area (Å²) in [6.07, 6.45) is 3.93. The second-order valence-corrected chi connectivity index (χ2v) is 7.10. The van der Waals surface area contributed by atoms with Crippen molar-refractivity contribution in [2.24, 2.45) is 5.41 Å². The van der Waals surface area contributed by atoms with Crippen molar-refractivity contribution in [3.8, 4) is 11.5 Å².